The fourth-order valence-corrected chi connectivity index (χ4v) is 3.61. The fourth-order valence-electron chi connectivity index (χ4n) is 3.61. The van der Waals surface area contributed by atoms with Gasteiger partial charge in [-0.1, -0.05) is 72.8 Å². The van der Waals surface area contributed by atoms with E-state index in [-0.39, 0.29) is 39.8 Å². The zero-order valence-corrected chi connectivity index (χ0v) is 15.3. The number of hydrogen-bond acceptors (Lipinski definition) is 5. The molecule has 138 valence electrons. The lowest BCUT2D eigenvalue weighted by Gasteiger charge is -2.20. The first-order valence-electron chi connectivity index (χ1n) is 9.16. The minimum absolute atomic E-state index is 0.0407. The Labute approximate surface area is 166 Å². The van der Waals surface area contributed by atoms with Gasteiger partial charge in [0.15, 0.2) is 0 Å². The largest absolute Gasteiger partial charge is 0.398 e. The molecule has 1 heterocycles. The van der Waals surface area contributed by atoms with Gasteiger partial charge in [0.1, 0.15) is 11.4 Å². The highest BCUT2D eigenvalue weighted by molar-refractivity contribution is 6.28. The molecular formula is C24H15N3O2. The van der Waals surface area contributed by atoms with Gasteiger partial charge in [-0.05, 0) is 6.07 Å². The van der Waals surface area contributed by atoms with Crippen LogP contribution < -0.4 is 5.73 Å². The van der Waals surface area contributed by atoms with E-state index in [1.807, 2.05) is 60.7 Å². The van der Waals surface area contributed by atoms with E-state index >= 15 is 0 Å². The molecule has 3 aromatic carbocycles. The summed E-state index contributed by atoms with van der Waals surface area (Å²) in [6, 6.07) is 23.9. The van der Waals surface area contributed by atoms with Crippen LogP contribution in [-0.2, 0) is 0 Å². The Balaban J connectivity index is 1.82. The maximum atomic E-state index is 13.2. The second kappa shape index (κ2) is 6.49. The van der Waals surface area contributed by atoms with E-state index in [0.717, 1.165) is 11.1 Å². The predicted octanol–water partition coefficient (Wildman–Crippen LogP) is 4.17. The van der Waals surface area contributed by atoms with Gasteiger partial charge >= 0.3 is 0 Å². The van der Waals surface area contributed by atoms with E-state index < -0.39 is 0 Å². The third-order valence-electron chi connectivity index (χ3n) is 4.99. The maximum Gasteiger partial charge on any atom is 0.216 e. The molecule has 0 bridgehead atoms. The molecule has 0 radical (unpaired) electrons. The van der Waals surface area contributed by atoms with Crippen LogP contribution in [0.4, 0.5) is 5.69 Å². The molecule has 0 atom stereocenters. The molecular weight excluding hydrogens is 362 g/mol. The quantitative estimate of drug-likeness (QED) is 0.467. The van der Waals surface area contributed by atoms with Crippen LogP contribution in [0.1, 0.15) is 32.1 Å². The number of nitrogens with zero attached hydrogens (tertiary/aromatic N) is 2. The van der Waals surface area contributed by atoms with Crippen LogP contribution >= 0.6 is 0 Å². The number of ketones is 2. The molecule has 5 rings (SSSR count). The SMILES string of the molecule is Nc1cccc2c1C(=O)c1nc(-c3ccccc3)c(-c3ccccc3)nc1C2=O. The van der Waals surface area contributed by atoms with Crippen molar-refractivity contribution in [2.24, 2.45) is 0 Å². The Morgan fingerprint density at radius 3 is 1.62 bits per heavy atom. The first kappa shape index (κ1) is 17.0. The highest BCUT2D eigenvalue weighted by Crippen LogP contribution is 2.34. The van der Waals surface area contributed by atoms with E-state index in [0.29, 0.717) is 11.4 Å². The predicted molar refractivity (Wildman–Crippen MR) is 111 cm³/mol. The lowest BCUT2D eigenvalue weighted by atomic mass is 9.88. The number of nitrogens with two attached hydrogens (primary N) is 1. The number of benzene rings is 3. The molecule has 5 nitrogen and oxygen atoms in total. The van der Waals surface area contributed by atoms with Gasteiger partial charge in [0.25, 0.3) is 0 Å². The Bertz CT molecular complexity index is 1280. The number of fused-ring (bicyclic) bond motifs is 2. The summed E-state index contributed by atoms with van der Waals surface area (Å²) in [5.41, 5.74) is 9.58. The van der Waals surface area contributed by atoms with Gasteiger partial charge in [0.05, 0.1) is 17.0 Å². The molecule has 29 heavy (non-hydrogen) atoms. The number of hydrogen-bond donors (Lipinski definition) is 1. The molecule has 0 spiro atoms. The summed E-state index contributed by atoms with van der Waals surface area (Å²) in [5.74, 6) is -0.719. The Morgan fingerprint density at radius 1 is 0.552 bits per heavy atom. The average molecular weight is 377 g/mol. The number of anilines is 1. The monoisotopic (exact) mass is 377 g/mol. The van der Waals surface area contributed by atoms with Crippen LogP contribution in [0.5, 0.6) is 0 Å². The van der Waals surface area contributed by atoms with Crippen LogP contribution in [-0.4, -0.2) is 21.5 Å². The molecule has 0 saturated carbocycles. The Kier molecular flexibility index (Phi) is 3.81. The second-order valence-corrected chi connectivity index (χ2v) is 6.78. The normalized spacial score (nSPS) is 12.4. The Morgan fingerprint density at radius 2 is 1.07 bits per heavy atom. The van der Waals surface area contributed by atoms with E-state index in [4.69, 9.17) is 5.73 Å². The van der Waals surface area contributed by atoms with Crippen LogP contribution in [0.3, 0.4) is 0 Å². The first-order chi connectivity index (χ1) is 14.1. The number of aromatic nitrogens is 2. The first-order valence-corrected chi connectivity index (χ1v) is 9.16. The van der Waals surface area contributed by atoms with Crippen molar-refractivity contribution < 1.29 is 9.59 Å². The minimum atomic E-state index is -0.378. The van der Waals surface area contributed by atoms with Crippen LogP contribution in [0.2, 0.25) is 0 Å². The zero-order valence-electron chi connectivity index (χ0n) is 15.3. The van der Waals surface area contributed by atoms with Gasteiger partial charge in [0, 0.05) is 22.4 Å². The van der Waals surface area contributed by atoms with Gasteiger partial charge < -0.3 is 5.73 Å². The van der Waals surface area contributed by atoms with Crippen molar-refractivity contribution in [2.75, 3.05) is 5.73 Å². The van der Waals surface area contributed by atoms with E-state index in [2.05, 4.69) is 9.97 Å². The third-order valence-corrected chi connectivity index (χ3v) is 4.99. The lowest BCUT2D eigenvalue weighted by molar-refractivity contribution is 0.0972. The van der Waals surface area contributed by atoms with Gasteiger partial charge in [-0.15, -0.1) is 0 Å². The molecule has 0 unspecified atom stereocenters. The number of carbonyl (C=O) groups excluding carboxylic acids is 2. The smallest absolute Gasteiger partial charge is 0.216 e. The highest BCUT2D eigenvalue weighted by Gasteiger charge is 2.35. The summed E-state index contributed by atoms with van der Waals surface area (Å²) in [6.07, 6.45) is 0. The maximum absolute atomic E-state index is 13.2. The summed E-state index contributed by atoms with van der Waals surface area (Å²) in [6.45, 7) is 0. The van der Waals surface area contributed by atoms with Crippen LogP contribution in [0.25, 0.3) is 22.5 Å². The van der Waals surface area contributed by atoms with Crippen molar-refractivity contribution in [3.8, 4) is 22.5 Å². The standard InChI is InChI=1S/C24H15N3O2/c25-17-13-7-12-16-18(17)24(29)22-21(23(16)28)26-19(14-8-3-1-4-9-14)20(27-22)15-10-5-2-6-11-15/h1-13H,25H2. The van der Waals surface area contributed by atoms with Gasteiger partial charge in [-0.25, -0.2) is 9.97 Å². The molecule has 0 amide bonds. The molecule has 1 aromatic heterocycles. The summed E-state index contributed by atoms with van der Waals surface area (Å²) in [7, 11) is 0. The van der Waals surface area contributed by atoms with Crippen molar-refractivity contribution in [3.05, 3.63) is 101 Å². The van der Waals surface area contributed by atoms with Crippen molar-refractivity contribution in [1.29, 1.82) is 0 Å². The number of nitrogen functional groups attached to an aromatic ring is 1. The molecule has 0 fully saturated rings. The summed E-state index contributed by atoms with van der Waals surface area (Å²) in [5, 5.41) is 0. The van der Waals surface area contributed by atoms with Crippen LogP contribution in [0.15, 0.2) is 78.9 Å². The molecule has 5 heteroatoms. The zero-order chi connectivity index (χ0) is 20.0. The van der Waals surface area contributed by atoms with Gasteiger partial charge in [0.2, 0.25) is 11.6 Å². The molecule has 0 aliphatic heterocycles. The fraction of sp³-hybridized carbons (Fsp3) is 0. The molecule has 1 aliphatic rings. The van der Waals surface area contributed by atoms with Crippen molar-refractivity contribution in [1.82, 2.24) is 9.97 Å². The number of carbonyl (C=O) groups is 2. The topological polar surface area (TPSA) is 85.9 Å². The van der Waals surface area contributed by atoms with Gasteiger partial charge in [-0.2, -0.15) is 0 Å². The molecule has 1 aliphatic carbocycles. The van der Waals surface area contributed by atoms with Gasteiger partial charge in [-0.3, -0.25) is 9.59 Å². The van der Waals surface area contributed by atoms with E-state index in [1.165, 1.54) is 0 Å². The molecule has 4 aromatic rings. The lowest BCUT2D eigenvalue weighted by Crippen LogP contribution is -2.25. The summed E-state index contributed by atoms with van der Waals surface area (Å²) < 4.78 is 0. The van der Waals surface area contributed by atoms with Crippen molar-refractivity contribution in [3.63, 3.8) is 0 Å². The minimum Gasteiger partial charge on any atom is -0.398 e. The van der Waals surface area contributed by atoms with E-state index in [9.17, 15) is 9.59 Å². The molecule has 2 N–H and O–H groups in total. The Hall–Kier alpha value is -4.12. The van der Waals surface area contributed by atoms with Crippen molar-refractivity contribution >= 4 is 17.3 Å². The highest BCUT2D eigenvalue weighted by atomic mass is 16.1. The van der Waals surface area contributed by atoms with Crippen molar-refractivity contribution in [2.45, 2.75) is 0 Å². The average Bonchev–Trinajstić information content (AvgIpc) is 2.77. The second-order valence-electron chi connectivity index (χ2n) is 6.78. The summed E-state index contributed by atoms with van der Waals surface area (Å²) in [4.78, 5) is 35.6. The summed E-state index contributed by atoms with van der Waals surface area (Å²) >= 11 is 0. The number of rotatable bonds is 2. The molecule has 0 saturated heterocycles. The van der Waals surface area contributed by atoms with Crippen LogP contribution in [0, 0.1) is 0 Å². The third kappa shape index (κ3) is 2.63. The van der Waals surface area contributed by atoms with E-state index in [1.54, 1.807) is 18.2 Å².